The van der Waals surface area contributed by atoms with Gasteiger partial charge in [-0.3, -0.25) is 9.59 Å². The maximum Gasteiger partial charge on any atom is 0.234 e. The number of alkyl halides is 1. The summed E-state index contributed by atoms with van der Waals surface area (Å²) in [5.41, 5.74) is 4.02. The fourth-order valence-electron chi connectivity index (χ4n) is 4.58. The van der Waals surface area contributed by atoms with Crippen LogP contribution in [0, 0.1) is 5.92 Å². The average molecular weight is 391 g/mol. The zero-order valence-electron chi connectivity index (χ0n) is 16.3. The number of nitrogens with zero attached hydrogens (tertiary/aromatic N) is 1. The molecule has 1 aliphatic carbocycles. The van der Waals surface area contributed by atoms with Gasteiger partial charge in [0.05, 0.1) is 6.42 Å². The molecule has 0 aromatic heterocycles. The van der Waals surface area contributed by atoms with Crippen molar-refractivity contribution in [1.29, 1.82) is 0 Å². The number of carbonyl (C=O) groups is 2. The van der Waals surface area contributed by atoms with Gasteiger partial charge in [-0.05, 0) is 67.6 Å². The predicted octanol–water partition coefficient (Wildman–Crippen LogP) is 3.48. The lowest BCUT2D eigenvalue weighted by atomic mass is 9.87. The molecule has 1 fully saturated rings. The van der Waals surface area contributed by atoms with Gasteiger partial charge in [0.2, 0.25) is 11.8 Å². The molecule has 1 heterocycles. The first-order chi connectivity index (χ1) is 13.1. The number of likely N-dealkylation sites (tertiary alicyclic amines) is 1. The summed E-state index contributed by atoms with van der Waals surface area (Å²) in [6.07, 6.45) is 8.30. The number of amides is 2. The minimum absolute atomic E-state index is 0.0127. The smallest absolute Gasteiger partial charge is 0.234 e. The van der Waals surface area contributed by atoms with Gasteiger partial charge in [-0.1, -0.05) is 25.1 Å². The average Bonchev–Trinajstić information content (AvgIpc) is 2.68. The molecule has 5 heteroatoms. The van der Waals surface area contributed by atoms with Gasteiger partial charge in [-0.25, -0.2) is 0 Å². The molecule has 4 nitrogen and oxygen atoms in total. The number of benzene rings is 1. The zero-order valence-corrected chi connectivity index (χ0v) is 17.1. The van der Waals surface area contributed by atoms with E-state index < -0.39 is 0 Å². The van der Waals surface area contributed by atoms with Gasteiger partial charge in [0.1, 0.15) is 5.88 Å². The van der Waals surface area contributed by atoms with Crippen molar-refractivity contribution in [1.82, 2.24) is 10.2 Å². The summed E-state index contributed by atoms with van der Waals surface area (Å²) in [6.45, 7) is 3.61. The van der Waals surface area contributed by atoms with Gasteiger partial charge in [-0.15, -0.1) is 11.6 Å². The molecule has 27 heavy (non-hydrogen) atoms. The molecule has 2 aliphatic rings. The van der Waals surface area contributed by atoms with Crippen molar-refractivity contribution in [2.75, 3.05) is 19.0 Å². The fraction of sp³-hybridized carbons (Fsp3) is 0.636. The topological polar surface area (TPSA) is 49.4 Å². The van der Waals surface area contributed by atoms with E-state index in [0.717, 1.165) is 37.8 Å². The van der Waals surface area contributed by atoms with E-state index >= 15 is 0 Å². The van der Waals surface area contributed by atoms with Crippen LogP contribution in [0.1, 0.15) is 55.7 Å². The third-order valence-corrected chi connectivity index (χ3v) is 6.33. The first kappa shape index (κ1) is 20.2. The molecule has 2 amide bonds. The summed E-state index contributed by atoms with van der Waals surface area (Å²) in [7, 11) is 0. The lowest BCUT2D eigenvalue weighted by Gasteiger charge is -2.40. The summed E-state index contributed by atoms with van der Waals surface area (Å²) >= 11 is 5.55. The number of fused-ring (bicyclic) bond motifs is 1. The third kappa shape index (κ3) is 5.25. The molecule has 1 aliphatic heterocycles. The second-order valence-electron chi connectivity index (χ2n) is 8.03. The standard InChI is InChI=1S/C22H31ClN2O2/c1-16-5-4-12-25(20(16)10-11-24-21(26)15-23)22(27)14-17-8-9-18-6-2-3-7-19(18)13-17/h8-9,13,16,20H,2-7,10-12,14-15H2,1H3,(H,24,26). The second kappa shape index (κ2) is 9.59. The van der Waals surface area contributed by atoms with Crippen molar-refractivity contribution >= 4 is 23.4 Å². The minimum atomic E-state index is -0.146. The number of aryl methyl sites for hydroxylation is 2. The van der Waals surface area contributed by atoms with Gasteiger partial charge in [0.25, 0.3) is 0 Å². The highest BCUT2D eigenvalue weighted by molar-refractivity contribution is 6.27. The van der Waals surface area contributed by atoms with Crippen LogP contribution in [0.2, 0.25) is 0 Å². The molecule has 1 aromatic rings. The van der Waals surface area contributed by atoms with Gasteiger partial charge >= 0.3 is 0 Å². The molecule has 0 radical (unpaired) electrons. The van der Waals surface area contributed by atoms with E-state index in [1.54, 1.807) is 0 Å². The highest BCUT2D eigenvalue weighted by Crippen LogP contribution is 2.27. The molecule has 2 atom stereocenters. The molecule has 0 spiro atoms. The summed E-state index contributed by atoms with van der Waals surface area (Å²) in [5.74, 6) is 0.512. The van der Waals surface area contributed by atoms with Crippen LogP contribution in [0.15, 0.2) is 18.2 Å². The van der Waals surface area contributed by atoms with Crippen molar-refractivity contribution in [2.24, 2.45) is 5.92 Å². The van der Waals surface area contributed by atoms with Crippen molar-refractivity contribution in [2.45, 2.75) is 64.3 Å². The number of hydrogen-bond acceptors (Lipinski definition) is 2. The largest absolute Gasteiger partial charge is 0.355 e. The molecule has 1 aromatic carbocycles. The molecule has 1 N–H and O–H groups in total. The normalized spacial score (nSPS) is 22.2. The summed E-state index contributed by atoms with van der Waals surface area (Å²) in [6, 6.07) is 6.79. The Hall–Kier alpha value is -1.55. The van der Waals surface area contributed by atoms with E-state index in [1.807, 2.05) is 0 Å². The van der Waals surface area contributed by atoms with E-state index in [1.165, 1.54) is 30.4 Å². The molecular formula is C22H31ClN2O2. The Labute approximate surface area is 167 Å². The first-order valence-corrected chi connectivity index (χ1v) is 10.8. The fourth-order valence-corrected chi connectivity index (χ4v) is 4.67. The minimum Gasteiger partial charge on any atom is -0.355 e. The Morgan fingerprint density at radius 1 is 1.19 bits per heavy atom. The van der Waals surface area contributed by atoms with Crippen LogP contribution in [0.25, 0.3) is 0 Å². The molecule has 0 bridgehead atoms. The van der Waals surface area contributed by atoms with E-state index in [9.17, 15) is 9.59 Å². The van der Waals surface area contributed by atoms with Crippen molar-refractivity contribution in [3.05, 3.63) is 34.9 Å². The van der Waals surface area contributed by atoms with Gasteiger partial charge < -0.3 is 10.2 Å². The van der Waals surface area contributed by atoms with Crippen LogP contribution in [-0.2, 0) is 28.9 Å². The number of hydrogen-bond donors (Lipinski definition) is 1. The van der Waals surface area contributed by atoms with Gasteiger partial charge in [0.15, 0.2) is 0 Å². The summed E-state index contributed by atoms with van der Waals surface area (Å²) < 4.78 is 0. The number of carbonyl (C=O) groups excluding carboxylic acids is 2. The van der Waals surface area contributed by atoms with Gasteiger partial charge in [0, 0.05) is 19.1 Å². The SMILES string of the molecule is CC1CCCN(C(=O)Cc2ccc3c(c2)CCCC3)C1CCNC(=O)CCl. The highest BCUT2D eigenvalue weighted by atomic mass is 35.5. The Morgan fingerprint density at radius 2 is 1.96 bits per heavy atom. The van der Waals surface area contributed by atoms with Crippen LogP contribution in [-0.4, -0.2) is 41.7 Å². The molecule has 1 saturated heterocycles. The molecule has 3 rings (SSSR count). The molecular weight excluding hydrogens is 360 g/mol. The number of piperidine rings is 1. The Kier molecular flexibility index (Phi) is 7.17. The van der Waals surface area contributed by atoms with Crippen LogP contribution in [0.4, 0.5) is 0 Å². The molecule has 2 unspecified atom stereocenters. The lowest BCUT2D eigenvalue weighted by Crippen LogP contribution is -2.49. The maximum atomic E-state index is 13.1. The molecule has 148 valence electrons. The Balaban J connectivity index is 1.63. The van der Waals surface area contributed by atoms with E-state index in [4.69, 9.17) is 11.6 Å². The maximum absolute atomic E-state index is 13.1. The van der Waals surface area contributed by atoms with Crippen LogP contribution in [0.3, 0.4) is 0 Å². The Morgan fingerprint density at radius 3 is 2.74 bits per heavy atom. The quantitative estimate of drug-likeness (QED) is 0.756. The van der Waals surface area contributed by atoms with Crippen LogP contribution in [0.5, 0.6) is 0 Å². The van der Waals surface area contributed by atoms with E-state index in [0.29, 0.717) is 18.9 Å². The van der Waals surface area contributed by atoms with Gasteiger partial charge in [-0.2, -0.15) is 0 Å². The Bertz CT molecular complexity index is 676. The third-order valence-electron chi connectivity index (χ3n) is 6.09. The zero-order chi connectivity index (χ0) is 19.2. The lowest BCUT2D eigenvalue weighted by molar-refractivity contribution is -0.135. The van der Waals surface area contributed by atoms with Crippen molar-refractivity contribution in [3.8, 4) is 0 Å². The summed E-state index contributed by atoms with van der Waals surface area (Å²) in [4.78, 5) is 26.5. The first-order valence-electron chi connectivity index (χ1n) is 10.3. The highest BCUT2D eigenvalue weighted by Gasteiger charge is 2.31. The number of halogens is 1. The van der Waals surface area contributed by atoms with Crippen molar-refractivity contribution in [3.63, 3.8) is 0 Å². The number of nitrogens with one attached hydrogen (secondary N) is 1. The van der Waals surface area contributed by atoms with E-state index in [2.05, 4.69) is 35.3 Å². The predicted molar refractivity (Wildman–Crippen MR) is 109 cm³/mol. The summed E-state index contributed by atoms with van der Waals surface area (Å²) in [5, 5.41) is 2.83. The molecule has 0 saturated carbocycles. The van der Waals surface area contributed by atoms with Crippen LogP contribution < -0.4 is 5.32 Å². The van der Waals surface area contributed by atoms with Crippen LogP contribution >= 0.6 is 11.6 Å². The second-order valence-corrected chi connectivity index (χ2v) is 8.30. The monoisotopic (exact) mass is 390 g/mol. The van der Waals surface area contributed by atoms with E-state index in [-0.39, 0.29) is 23.7 Å². The number of rotatable bonds is 6. The van der Waals surface area contributed by atoms with Crippen molar-refractivity contribution < 1.29 is 9.59 Å².